The van der Waals surface area contributed by atoms with Crippen LogP contribution in [0.25, 0.3) is 44.1 Å². The van der Waals surface area contributed by atoms with E-state index in [2.05, 4.69) is 15.0 Å². The highest BCUT2D eigenvalue weighted by molar-refractivity contribution is 6.15. The monoisotopic (exact) mass is 453 g/mol. The van der Waals surface area contributed by atoms with Crippen molar-refractivity contribution >= 4 is 38.7 Å². The predicted molar refractivity (Wildman–Crippen MR) is 130 cm³/mol. The van der Waals surface area contributed by atoms with Gasteiger partial charge in [0.2, 0.25) is 5.82 Å². The van der Waals surface area contributed by atoms with E-state index in [9.17, 15) is 4.79 Å². The maximum atomic E-state index is 13.4. The number of amides is 1. The summed E-state index contributed by atoms with van der Waals surface area (Å²) in [7, 11) is 1.66. The number of aryl methyl sites for hydroxylation is 1. The van der Waals surface area contributed by atoms with E-state index in [1.165, 1.54) is 0 Å². The molecule has 0 radical (unpaired) electrons. The van der Waals surface area contributed by atoms with Crippen LogP contribution < -0.4 is 4.74 Å². The second-order valence-corrected chi connectivity index (χ2v) is 8.39. The molecular weight excluding hydrogens is 430 g/mol. The summed E-state index contributed by atoms with van der Waals surface area (Å²) in [6.07, 6.45) is 1.77. The maximum absolute atomic E-state index is 13.4. The molecule has 0 atom stereocenters. The molecule has 3 aromatic heterocycles. The van der Waals surface area contributed by atoms with Crippen molar-refractivity contribution in [3.63, 3.8) is 0 Å². The lowest BCUT2D eigenvalue weighted by Gasteiger charge is -2.26. The number of para-hydroxylation sites is 1. The third-order valence-corrected chi connectivity index (χ3v) is 6.36. The zero-order valence-corrected chi connectivity index (χ0v) is 19.0. The molecule has 1 N–H and O–H groups in total. The highest BCUT2D eigenvalue weighted by Gasteiger charge is 2.25. The van der Waals surface area contributed by atoms with E-state index in [0.29, 0.717) is 37.6 Å². The van der Waals surface area contributed by atoms with E-state index in [1.807, 2.05) is 49.4 Å². The maximum Gasteiger partial charge on any atom is 0.291 e. The summed E-state index contributed by atoms with van der Waals surface area (Å²) in [4.78, 5) is 32.6. The van der Waals surface area contributed by atoms with Gasteiger partial charge in [0, 0.05) is 41.1 Å². The van der Waals surface area contributed by atoms with Crippen molar-refractivity contribution in [2.45, 2.75) is 6.92 Å². The molecule has 1 amide bonds. The number of carbonyl (C=O) groups excluding carboxylic acids is 1. The molecule has 4 heterocycles. The van der Waals surface area contributed by atoms with Gasteiger partial charge in [0.1, 0.15) is 11.4 Å². The van der Waals surface area contributed by atoms with Crippen LogP contribution >= 0.6 is 0 Å². The lowest BCUT2D eigenvalue weighted by Crippen LogP contribution is -2.41. The molecule has 0 bridgehead atoms. The highest BCUT2D eigenvalue weighted by atomic mass is 16.5. The average molecular weight is 454 g/mol. The summed E-state index contributed by atoms with van der Waals surface area (Å²) in [6.45, 7) is 4.08. The van der Waals surface area contributed by atoms with E-state index in [1.54, 1.807) is 18.2 Å². The number of H-pyrrole nitrogens is 1. The van der Waals surface area contributed by atoms with Crippen LogP contribution in [0.4, 0.5) is 0 Å². The summed E-state index contributed by atoms with van der Waals surface area (Å²) in [5.41, 5.74) is 4.99. The molecule has 8 nitrogen and oxygen atoms in total. The van der Waals surface area contributed by atoms with E-state index < -0.39 is 0 Å². The number of hydrogen-bond acceptors (Lipinski definition) is 6. The van der Waals surface area contributed by atoms with Gasteiger partial charge in [0.15, 0.2) is 0 Å². The molecule has 170 valence electrons. The average Bonchev–Trinajstić information content (AvgIpc) is 3.24. The SMILES string of the molecule is COc1cc2c(cc1C)[nH]c1nc(C(=O)N3CCOCC3)nc(-c3ccnc4ccccc34)c12. The zero-order valence-electron chi connectivity index (χ0n) is 19.0. The largest absolute Gasteiger partial charge is 0.496 e. The number of rotatable bonds is 3. The zero-order chi connectivity index (χ0) is 23.2. The van der Waals surface area contributed by atoms with Crippen molar-refractivity contribution in [1.82, 2.24) is 24.8 Å². The number of morpholine rings is 1. The Morgan fingerprint density at radius 2 is 1.91 bits per heavy atom. The first kappa shape index (κ1) is 20.6. The molecule has 34 heavy (non-hydrogen) atoms. The van der Waals surface area contributed by atoms with Crippen LogP contribution in [0.3, 0.4) is 0 Å². The normalized spacial score (nSPS) is 14.2. The lowest BCUT2D eigenvalue weighted by molar-refractivity contribution is 0.0295. The molecule has 8 heteroatoms. The molecule has 2 aromatic carbocycles. The number of nitrogens with one attached hydrogen (secondary N) is 1. The minimum Gasteiger partial charge on any atom is -0.496 e. The number of methoxy groups -OCH3 is 1. The number of ether oxygens (including phenoxy) is 2. The molecular formula is C26H23N5O3. The van der Waals surface area contributed by atoms with Gasteiger partial charge in [-0.15, -0.1) is 0 Å². The predicted octanol–water partition coefficient (Wildman–Crippen LogP) is 4.12. The van der Waals surface area contributed by atoms with Crippen molar-refractivity contribution in [2.24, 2.45) is 0 Å². The Morgan fingerprint density at radius 3 is 2.74 bits per heavy atom. The van der Waals surface area contributed by atoms with Crippen LogP contribution in [0.5, 0.6) is 5.75 Å². The number of fused-ring (bicyclic) bond motifs is 4. The molecule has 0 spiro atoms. The van der Waals surface area contributed by atoms with Gasteiger partial charge in [-0.1, -0.05) is 18.2 Å². The summed E-state index contributed by atoms with van der Waals surface area (Å²) in [5, 5.41) is 2.75. The fraction of sp³-hybridized carbons (Fsp3) is 0.231. The summed E-state index contributed by atoms with van der Waals surface area (Å²) in [5.74, 6) is 0.755. The lowest BCUT2D eigenvalue weighted by atomic mass is 10.0. The summed E-state index contributed by atoms with van der Waals surface area (Å²) >= 11 is 0. The molecule has 6 rings (SSSR count). The van der Waals surface area contributed by atoms with Crippen LogP contribution in [0, 0.1) is 6.92 Å². The van der Waals surface area contributed by atoms with E-state index in [0.717, 1.165) is 44.1 Å². The van der Waals surface area contributed by atoms with Gasteiger partial charge in [0.25, 0.3) is 5.91 Å². The third-order valence-electron chi connectivity index (χ3n) is 6.36. The fourth-order valence-corrected chi connectivity index (χ4v) is 4.65. The second kappa shape index (κ2) is 8.07. The Bertz CT molecular complexity index is 1560. The minimum atomic E-state index is -0.197. The van der Waals surface area contributed by atoms with Crippen LogP contribution in [-0.2, 0) is 4.74 Å². The summed E-state index contributed by atoms with van der Waals surface area (Å²) in [6, 6.07) is 13.9. The van der Waals surface area contributed by atoms with Crippen molar-refractivity contribution < 1.29 is 14.3 Å². The van der Waals surface area contributed by atoms with Gasteiger partial charge in [-0.3, -0.25) is 9.78 Å². The molecule has 0 saturated carbocycles. The molecule has 1 aliphatic rings. The Morgan fingerprint density at radius 1 is 1.09 bits per heavy atom. The van der Waals surface area contributed by atoms with Crippen LogP contribution in [-0.4, -0.2) is 64.2 Å². The first-order valence-corrected chi connectivity index (χ1v) is 11.2. The number of aromatic amines is 1. The van der Waals surface area contributed by atoms with Crippen LogP contribution in [0.2, 0.25) is 0 Å². The molecule has 1 fully saturated rings. The summed E-state index contributed by atoms with van der Waals surface area (Å²) < 4.78 is 11.0. The highest BCUT2D eigenvalue weighted by Crippen LogP contribution is 2.37. The fourth-order valence-electron chi connectivity index (χ4n) is 4.65. The number of aromatic nitrogens is 4. The number of nitrogens with zero attached hydrogens (tertiary/aromatic N) is 4. The van der Waals surface area contributed by atoms with Gasteiger partial charge in [0.05, 0.1) is 36.9 Å². The van der Waals surface area contributed by atoms with E-state index in [-0.39, 0.29) is 11.7 Å². The van der Waals surface area contributed by atoms with E-state index >= 15 is 0 Å². The molecule has 5 aromatic rings. The number of carbonyl (C=O) groups is 1. The minimum absolute atomic E-state index is 0.167. The quantitative estimate of drug-likeness (QED) is 0.442. The Balaban J connectivity index is 1.67. The molecule has 1 saturated heterocycles. The van der Waals surface area contributed by atoms with Crippen molar-refractivity contribution in [1.29, 1.82) is 0 Å². The number of hydrogen-bond donors (Lipinski definition) is 1. The van der Waals surface area contributed by atoms with Crippen LogP contribution in [0.1, 0.15) is 16.2 Å². The van der Waals surface area contributed by atoms with Gasteiger partial charge in [-0.05, 0) is 36.8 Å². The number of pyridine rings is 1. The third kappa shape index (κ3) is 3.26. The van der Waals surface area contributed by atoms with Gasteiger partial charge in [-0.2, -0.15) is 0 Å². The van der Waals surface area contributed by atoms with Gasteiger partial charge < -0.3 is 19.4 Å². The van der Waals surface area contributed by atoms with E-state index in [4.69, 9.17) is 14.5 Å². The molecule has 0 aliphatic carbocycles. The van der Waals surface area contributed by atoms with Crippen LogP contribution in [0.15, 0.2) is 48.7 Å². The second-order valence-electron chi connectivity index (χ2n) is 8.39. The topological polar surface area (TPSA) is 93.2 Å². The first-order chi connectivity index (χ1) is 16.6. The Labute approximate surface area is 195 Å². The smallest absolute Gasteiger partial charge is 0.291 e. The first-order valence-electron chi connectivity index (χ1n) is 11.2. The Hall–Kier alpha value is -4.04. The molecule has 0 unspecified atom stereocenters. The number of benzene rings is 2. The van der Waals surface area contributed by atoms with Crippen molar-refractivity contribution in [3.8, 4) is 17.0 Å². The van der Waals surface area contributed by atoms with Gasteiger partial charge in [-0.25, -0.2) is 9.97 Å². The molecule has 1 aliphatic heterocycles. The van der Waals surface area contributed by atoms with Crippen molar-refractivity contribution in [3.05, 3.63) is 60.0 Å². The standard InChI is InChI=1S/C26H23N5O3/c1-15-13-20-18(14-21(15)33-2)22-23(17-7-8-27-19-6-4-3-5-16(17)19)29-25(30-24(22)28-20)26(32)31-9-11-34-12-10-31/h3-8,13-14H,9-12H2,1-2H3,(H,28,29,30). The van der Waals surface area contributed by atoms with Gasteiger partial charge >= 0.3 is 0 Å². The van der Waals surface area contributed by atoms with Crippen molar-refractivity contribution in [2.75, 3.05) is 33.4 Å². The Kier molecular flexibility index (Phi) is 4.88.